The van der Waals surface area contributed by atoms with Crippen molar-refractivity contribution in [2.45, 2.75) is 18.9 Å². The van der Waals surface area contributed by atoms with Crippen molar-refractivity contribution in [1.29, 1.82) is 0 Å². The fourth-order valence-corrected chi connectivity index (χ4v) is 1.38. The molecule has 1 fully saturated rings. The molecule has 0 radical (unpaired) electrons. The second-order valence-electron chi connectivity index (χ2n) is 2.95. The number of carbonyl (C=O) groups excluding carboxylic acids is 1. The van der Waals surface area contributed by atoms with Crippen molar-refractivity contribution in [2.75, 3.05) is 0 Å². The van der Waals surface area contributed by atoms with Crippen LogP contribution in [0.3, 0.4) is 0 Å². The van der Waals surface area contributed by atoms with Crippen LogP contribution in [0.4, 0.5) is 0 Å². The molecule has 13 heavy (non-hydrogen) atoms. The van der Waals surface area contributed by atoms with Gasteiger partial charge < -0.3 is 15.5 Å². The van der Waals surface area contributed by atoms with Gasteiger partial charge in [0.1, 0.15) is 6.04 Å². The van der Waals surface area contributed by atoms with E-state index in [1.54, 1.807) is 0 Å². The maximum absolute atomic E-state index is 10.8. The van der Waals surface area contributed by atoms with Crippen LogP contribution in [0, 0.1) is 5.92 Å². The Bertz CT molecular complexity index is 262. The van der Waals surface area contributed by atoms with Gasteiger partial charge in [-0.05, 0) is 0 Å². The van der Waals surface area contributed by atoms with Gasteiger partial charge in [0.2, 0.25) is 5.91 Å². The minimum atomic E-state index is -1.18. The van der Waals surface area contributed by atoms with E-state index in [9.17, 15) is 14.4 Å². The molecule has 1 heterocycles. The van der Waals surface area contributed by atoms with Crippen molar-refractivity contribution in [3.63, 3.8) is 0 Å². The van der Waals surface area contributed by atoms with Crippen molar-refractivity contribution < 1.29 is 24.6 Å². The third-order valence-corrected chi connectivity index (χ3v) is 1.94. The van der Waals surface area contributed by atoms with Gasteiger partial charge in [0, 0.05) is 12.3 Å². The molecule has 0 aromatic rings. The molecule has 1 rings (SSSR count). The maximum Gasteiger partial charge on any atom is 0.326 e. The molecule has 0 saturated carbocycles. The van der Waals surface area contributed by atoms with Crippen LogP contribution in [0.1, 0.15) is 12.8 Å². The van der Waals surface area contributed by atoms with Gasteiger partial charge in [-0.15, -0.1) is 0 Å². The smallest absolute Gasteiger partial charge is 0.326 e. The lowest BCUT2D eigenvalue weighted by atomic mass is 9.97. The monoisotopic (exact) mass is 187 g/mol. The summed E-state index contributed by atoms with van der Waals surface area (Å²) < 4.78 is 0. The number of nitrogens with one attached hydrogen (secondary N) is 1. The highest BCUT2D eigenvalue weighted by Crippen LogP contribution is 2.20. The molecule has 72 valence electrons. The molecule has 0 bridgehead atoms. The number of aliphatic carboxylic acids is 2. The second-order valence-corrected chi connectivity index (χ2v) is 2.95. The van der Waals surface area contributed by atoms with E-state index in [-0.39, 0.29) is 12.8 Å². The van der Waals surface area contributed by atoms with Gasteiger partial charge in [-0.3, -0.25) is 9.59 Å². The fraction of sp³-hybridized carbons (Fsp3) is 0.571. The van der Waals surface area contributed by atoms with E-state index in [1.807, 2.05) is 0 Å². The van der Waals surface area contributed by atoms with E-state index in [0.29, 0.717) is 0 Å². The summed E-state index contributed by atoms with van der Waals surface area (Å²) in [6, 6.07) is -1.05. The highest BCUT2D eigenvalue weighted by atomic mass is 16.4. The molecule has 0 aromatic heterocycles. The Hall–Kier alpha value is -1.59. The van der Waals surface area contributed by atoms with Crippen LogP contribution in [0.15, 0.2) is 0 Å². The van der Waals surface area contributed by atoms with E-state index in [0.717, 1.165) is 0 Å². The zero-order chi connectivity index (χ0) is 10.0. The van der Waals surface area contributed by atoms with Crippen molar-refractivity contribution in [3.05, 3.63) is 0 Å². The number of amides is 1. The number of rotatable bonds is 3. The molecule has 1 aliphatic rings. The molecule has 2 unspecified atom stereocenters. The first kappa shape index (κ1) is 9.50. The second kappa shape index (κ2) is 3.42. The molecular formula is C7H9NO5. The summed E-state index contributed by atoms with van der Waals surface area (Å²) >= 11 is 0. The van der Waals surface area contributed by atoms with Gasteiger partial charge in [-0.2, -0.15) is 0 Å². The van der Waals surface area contributed by atoms with E-state index in [2.05, 4.69) is 5.32 Å². The minimum absolute atomic E-state index is 0.0245. The predicted molar refractivity (Wildman–Crippen MR) is 39.9 cm³/mol. The number of carbonyl (C=O) groups is 3. The molecular weight excluding hydrogens is 178 g/mol. The van der Waals surface area contributed by atoms with Crippen molar-refractivity contribution in [1.82, 2.24) is 5.32 Å². The Kier molecular flexibility index (Phi) is 2.50. The molecule has 0 aromatic carbocycles. The Morgan fingerprint density at radius 2 is 2.08 bits per heavy atom. The summed E-state index contributed by atoms with van der Waals surface area (Å²) in [6.07, 6.45) is -0.320. The Labute approximate surface area is 73.5 Å². The number of carboxylic acids is 2. The third kappa shape index (κ3) is 2.17. The van der Waals surface area contributed by atoms with Crippen LogP contribution in [-0.2, 0) is 14.4 Å². The zero-order valence-electron chi connectivity index (χ0n) is 6.69. The predicted octanol–water partition coefficient (Wildman–Crippen LogP) is -0.950. The highest BCUT2D eigenvalue weighted by Gasteiger charge is 2.38. The summed E-state index contributed by atoms with van der Waals surface area (Å²) in [7, 11) is 0. The zero-order valence-corrected chi connectivity index (χ0v) is 6.69. The summed E-state index contributed by atoms with van der Waals surface area (Å²) in [4.78, 5) is 31.6. The van der Waals surface area contributed by atoms with Gasteiger partial charge >= 0.3 is 11.9 Å². The number of carboxylic acid groups (broad SMARTS) is 2. The topological polar surface area (TPSA) is 104 Å². The summed E-state index contributed by atoms with van der Waals surface area (Å²) in [5.41, 5.74) is 0. The quantitative estimate of drug-likeness (QED) is 0.528. The van der Waals surface area contributed by atoms with E-state index >= 15 is 0 Å². The SMILES string of the molecule is O=C(O)CC1CC(=O)NC1C(=O)O. The molecule has 1 amide bonds. The molecule has 3 N–H and O–H groups in total. The Balaban J connectivity index is 2.66. The average Bonchev–Trinajstić information content (AvgIpc) is 2.29. The summed E-state index contributed by atoms with van der Waals surface area (Å²) in [5.74, 6) is -3.31. The van der Waals surface area contributed by atoms with Crippen molar-refractivity contribution in [2.24, 2.45) is 5.92 Å². The normalized spacial score (nSPS) is 26.9. The molecule has 1 aliphatic heterocycles. The average molecular weight is 187 g/mol. The van der Waals surface area contributed by atoms with Gasteiger partial charge in [-0.1, -0.05) is 0 Å². The van der Waals surface area contributed by atoms with Crippen molar-refractivity contribution >= 4 is 17.8 Å². The lowest BCUT2D eigenvalue weighted by Crippen LogP contribution is -2.37. The van der Waals surface area contributed by atoms with Crippen LogP contribution in [-0.4, -0.2) is 34.1 Å². The van der Waals surface area contributed by atoms with Gasteiger partial charge in [-0.25, -0.2) is 4.79 Å². The van der Waals surface area contributed by atoms with Crippen LogP contribution in [0.2, 0.25) is 0 Å². The first-order valence-electron chi connectivity index (χ1n) is 3.74. The van der Waals surface area contributed by atoms with Crippen LogP contribution >= 0.6 is 0 Å². The standard InChI is InChI=1S/C7H9NO5/c9-4-1-3(2-5(10)11)6(8-4)7(12)13/h3,6H,1-2H2,(H,8,9)(H,10,11)(H,12,13). The van der Waals surface area contributed by atoms with Gasteiger partial charge in [0.25, 0.3) is 0 Å². The summed E-state index contributed by atoms with van der Waals surface area (Å²) in [6.45, 7) is 0. The fourth-order valence-electron chi connectivity index (χ4n) is 1.38. The van der Waals surface area contributed by atoms with Crippen molar-refractivity contribution in [3.8, 4) is 0 Å². The van der Waals surface area contributed by atoms with Crippen LogP contribution < -0.4 is 5.32 Å². The molecule has 1 saturated heterocycles. The molecule has 6 heteroatoms. The molecule has 0 spiro atoms. The van der Waals surface area contributed by atoms with E-state index in [4.69, 9.17) is 10.2 Å². The van der Waals surface area contributed by atoms with Crippen LogP contribution in [0.25, 0.3) is 0 Å². The lowest BCUT2D eigenvalue weighted by molar-refractivity contribution is -0.142. The first-order chi connectivity index (χ1) is 6.00. The maximum atomic E-state index is 10.8. The highest BCUT2D eigenvalue weighted by molar-refractivity contribution is 5.88. The number of hydrogen-bond acceptors (Lipinski definition) is 3. The molecule has 6 nitrogen and oxygen atoms in total. The van der Waals surface area contributed by atoms with Gasteiger partial charge in [0.15, 0.2) is 0 Å². The lowest BCUT2D eigenvalue weighted by Gasteiger charge is -2.11. The molecule has 0 aliphatic carbocycles. The van der Waals surface area contributed by atoms with E-state index < -0.39 is 29.8 Å². The first-order valence-corrected chi connectivity index (χ1v) is 3.74. The largest absolute Gasteiger partial charge is 0.481 e. The minimum Gasteiger partial charge on any atom is -0.481 e. The third-order valence-electron chi connectivity index (χ3n) is 1.94. The Morgan fingerprint density at radius 3 is 2.54 bits per heavy atom. The Morgan fingerprint density at radius 1 is 1.46 bits per heavy atom. The van der Waals surface area contributed by atoms with Gasteiger partial charge in [0.05, 0.1) is 6.42 Å². The molecule has 2 atom stereocenters. The van der Waals surface area contributed by atoms with Crippen LogP contribution in [0.5, 0.6) is 0 Å². The summed E-state index contributed by atoms with van der Waals surface area (Å²) in [5, 5.41) is 19.2. The number of hydrogen-bond donors (Lipinski definition) is 3. The van der Waals surface area contributed by atoms with E-state index in [1.165, 1.54) is 0 Å².